The van der Waals surface area contributed by atoms with E-state index in [-0.39, 0.29) is 11.8 Å². The molecule has 1 atom stereocenters. The Morgan fingerprint density at radius 3 is 2.45 bits per heavy atom. The molecular formula is C8H16N2O. The molecule has 1 heterocycles. The summed E-state index contributed by atoms with van der Waals surface area (Å²) in [6, 6.07) is 0.119. The zero-order chi connectivity index (χ0) is 8.43. The van der Waals surface area contributed by atoms with Gasteiger partial charge in [-0.15, -0.1) is 0 Å². The zero-order valence-electron chi connectivity index (χ0n) is 7.50. The maximum absolute atomic E-state index is 11.1. The van der Waals surface area contributed by atoms with Crippen molar-refractivity contribution in [3.63, 3.8) is 0 Å². The molecule has 1 aliphatic heterocycles. The Bertz CT molecular complexity index is 158. The summed E-state index contributed by atoms with van der Waals surface area (Å²) in [6.45, 7) is 4.62. The van der Waals surface area contributed by atoms with Crippen molar-refractivity contribution in [3.05, 3.63) is 0 Å². The van der Waals surface area contributed by atoms with Crippen LogP contribution >= 0.6 is 0 Å². The number of carbonyl (C=O) groups excluding carboxylic acids is 1. The average molecular weight is 156 g/mol. The van der Waals surface area contributed by atoms with Gasteiger partial charge in [-0.05, 0) is 21.0 Å². The van der Waals surface area contributed by atoms with Gasteiger partial charge in [0.2, 0.25) is 0 Å². The van der Waals surface area contributed by atoms with Crippen molar-refractivity contribution in [2.75, 3.05) is 33.7 Å². The highest BCUT2D eigenvalue weighted by atomic mass is 16.1. The van der Waals surface area contributed by atoms with Crippen molar-refractivity contribution in [2.24, 2.45) is 0 Å². The molecule has 0 aromatic carbocycles. The van der Waals surface area contributed by atoms with E-state index in [1.807, 2.05) is 7.05 Å². The highest BCUT2D eigenvalue weighted by Gasteiger charge is 2.25. The van der Waals surface area contributed by atoms with Gasteiger partial charge in [0.05, 0.1) is 6.04 Å². The highest BCUT2D eigenvalue weighted by molar-refractivity contribution is 5.81. The number of rotatable bonds is 1. The number of nitrogens with zero attached hydrogens (tertiary/aromatic N) is 2. The van der Waals surface area contributed by atoms with Crippen molar-refractivity contribution in [3.8, 4) is 0 Å². The fourth-order valence-electron chi connectivity index (χ4n) is 1.45. The van der Waals surface area contributed by atoms with Crippen LogP contribution in [0, 0.1) is 0 Å². The van der Waals surface area contributed by atoms with Crippen molar-refractivity contribution in [1.29, 1.82) is 0 Å². The normalized spacial score (nSPS) is 28.8. The Labute approximate surface area is 68.0 Å². The first kappa shape index (κ1) is 8.68. The van der Waals surface area contributed by atoms with E-state index < -0.39 is 0 Å². The molecule has 1 rings (SSSR count). The lowest BCUT2D eigenvalue weighted by molar-refractivity contribution is -0.123. The Kier molecular flexibility index (Phi) is 2.62. The first-order valence-corrected chi connectivity index (χ1v) is 4.00. The second kappa shape index (κ2) is 3.32. The van der Waals surface area contributed by atoms with E-state index in [1.165, 1.54) is 0 Å². The predicted molar refractivity (Wildman–Crippen MR) is 44.6 cm³/mol. The third kappa shape index (κ3) is 2.01. The lowest BCUT2D eigenvalue weighted by Gasteiger charge is -2.36. The molecule has 3 nitrogen and oxygen atoms in total. The Balaban J connectivity index is 2.54. The molecule has 0 aliphatic carbocycles. The van der Waals surface area contributed by atoms with Crippen molar-refractivity contribution in [2.45, 2.75) is 13.0 Å². The van der Waals surface area contributed by atoms with Crippen LogP contribution in [0.25, 0.3) is 0 Å². The van der Waals surface area contributed by atoms with Crippen LogP contribution in [0.3, 0.4) is 0 Å². The zero-order valence-corrected chi connectivity index (χ0v) is 7.50. The van der Waals surface area contributed by atoms with Gasteiger partial charge in [0.1, 0.15) is 5.78 Å². The van der Waals surface area contributed by atoms with Gasteiger partial charge < -0.3 is 4.90 Å². The lowest BCUT2D eigenvalue weighted by Crippen LogP contribution is -2.52. The highest BCUT2D eigenvalue weighted by Crippen LogP contribution is 2.05. The molecule has 64 valence electrons. The molecule has 0 radical (unpaired) electrons. The molecule has 0 aromatic rings. The number of piperazine rings is 1. The SMILES string of the molecule is CC(=O)[C@H]1CN(C)CCN1C. The molecular weight excluding hydrogens is 140 g/mol. The minimum absolute atomic E-state index is 0.119. The second-order valence-electron chi connectivity index (χ2n) is 3.37. The maximum atomic E-state index is 11.1. The van der Waals surface area contributed by atoms with Crippen LogP contribution in [0.15, 0.2) is 0 Å². The molecule has 0 bridgehead atoms. The van der Waals surface area contributed by atoms with Crippen LogP contribution in [0.5, 0.6) is 0 Å². The first-order valence-electron chi connectivity index (χ1n) is 4.00. The number of likely N-dealkylation sites (N-methyl/N-ethyl adjacent to an activating group) is 2. The molecule has 0 saturated carbocycles. The molecule has 0 spiro atoms. The lowest BCUT2D eigenvalue weighted by atomic mass is 10.1. The van der Waals surface area contributed by atoms with E-state index in [4.69, 9.17) is 0 Å². The summed E-state index contributed by atoms with van der Waals surface area (Å²) in [5.41, 5.74) is 0. The van der Waals surface area contributed by atoms with Crippen LogP contribution in [0.2, 0.25) is 0 Å². The molecule has 0 amide bonds. The molecule has 1 saturated heterocycles. The van der Waals surface area contributed by atoms with Gasteiger partial charge in [-0.1, -0.05) is 0 Å². The molecule has 3 heteroatoms. The minimum atomic E-state index is 0.119. The van der Waals surface area contributed by atoms with E-state index >= 15 is 0 Å². The minimum Gasteiger partial charge on any atom is -0.303 e. The maximum Gasteiger partial charge on any atom is 0.148 e. The monoisotopic (exact) mass is 156 g/mol. The van der Waals surface area contributed by atoms with E-state index in [2.05, 4.69) is 16.8 Å². The molecule has 0 unspecified atom stereocenters. The summed E-state index contributed by atoms with van der Waals surface area (Å²) >= 11 is 0. The summed E-state index contributed by atoms with van der Waals surface area (Å²) < 4.78 is 0. The van der Waals surface area contributed by atoms with Gasteiger partial charge in [0.25, 0.3) is 0 Å². The van der Waals surface area contributed by atoms with E-state index in [1.54, 1.807) is 6.92 Å². The summed E-state index contributed by atoms with van der Waals surface area (Å²) in [5.74, 6) is 0.277. The number of hydrogen-bond acceptors (Lipinski definition) is 3. The Morgan fingerprint density at radius 2 is 2.00 bits per heavy atom. The number of hydrogen-bond donors (Lipinski definition) is 0. The van der Waals surface area contributed by atoms with Crippen LogP contribution < -0.4 is 0 Å². The quantitative estimate of drug-likeness (QED) is 0.526. The molecule has 1 fully saturated rings. The Hall–Kier alpha value is -0.410. The van der Waals surface area contributed by atoms with Crippen molar-refractivity contribution in [1.82, 2.24) is 9.80 Å². The van der Waals surface area contributed by atoms with Gasteiger partial charge in [-0.25, -0.2) is 0 Å². The predicted octanol–water partition coefficient (Wildman–Crippen LogP) is -0.179. The van der Waals surface area contributed by atoms with E-state index in [0.29, 0.717) is 0 Å². The van der Waals surface area contributed by atoms with Crippen LogP contribution in [-0.4, -0.2) is 55.4 Å². The summed E-state index contributed by atoms with van der Waals surface area (Å²) in [6.07, 6.45) is 0. The largest absolute Gasteiger partial charge is 0.303 e. The van der Waals surface area contributed by atoms with Crippen LogP contribution in [0.4, 0.5) is 0 Å². The average Bonchev–Trinajstić information content (AvgIpc) is 1.94. The summed E-state index contributed by atoms with van der Waals surface area (Å²) in [7, 11) is 4.07. The Morgan fingerprint density at radius 1 is 1.36 bits per heavy atom. The van der Waals surface area contributed by atoms with Crippen LogP contribution in [-0.2, 0) is 4.79 Å². The van der Waals surface area contributed by atoms with Crippen molar-refractivity contribution < 1.29 is 4.79 Å². The molecule has 0 N–H and O–H groups in total. The van der Waals surface area contributed by atoms with E-state index in [0.717, 1.165) is 19.6 Å². The van der Waals surface area contributed by atoms with Gasteiger partial charge in [0.15, 0.2) is 0 Å². The van der Waals surface area contributed by atoms with Crippen molar-refractivity contribution >= 4 is 5.78 Å². The fourth-order valence-corrected chi connectivity index (χ4v) is 1.45. The second-order valence-corrected chi connectivity index (χ2v) is 3.37. The van der Waals surface area contributed by atoms with Gasteiger partial charge in [-0.2, -0.15) is 0 Å². The fraction of sp³-hybridized carbons (Fsp3) is 0.875. The van der Waals surface area contributed by atoms with E-state index in [9.17, 15) is 4.79 Å². The van der Waals surface area contributed by atoms with Crippen LogP contribution in [0.1, 0.15) is 6.92 Å². The van der Waals surface area contributed by atoms with Gasteiger partial charge in [0, 0.05) is 19.6 Å². The third-order valence-corrected chi connectivity index (χ3v) is 2.32. The standard InChI is InChI=1S/C8H16N2O/c1-7(11)8-6-9(2)4-5-10(8)3/h8H,4-6H2,1-3H3/t8-/m1/s1. The van der Waals surface area contributed by atoms with Gasteiger partial charge >= 0.3 is 0 Å². The number of ketones is 1. The first-order chi connectivity index (χ1) is 5.11. The molecule has 0 aromatic heterocycles. The number of Topliss-reactive ketones (excluding diaryl/α,β-unsaturated/α-hetero) is 1. The summed E-state index contributed by atoms with van der Waals surface area (Å²) in [5, 5.41) is 0. The third-order valence-electron chi connectivity index (χ3n) is 2.32. The topological polar surface area (TPSA) is 23.6 Å². The molecule has 1 aliphatic rings. The summed E-state index contributed by atoms with van der Waals surface area (Å²) in [4.78, 5) is 15.4. The smallest absolute Gasteiger partial charge is 0.148 e. The number of carbonyl (C=O) groups is 1. The molecule has 11 heavy (non-hydrogen) atoms. The van der Waals surface area contributed by atoms with Gasteiger partial charge in [-0.3, -0.25) is 9.69 Å².